The molecule has 1 amide bonds. The Bertz CT molecular complexity index is 610. The van der Waals surface area contributed by atoms with E-state index in [0.717, 1.165) is 12.1 Å². The molecule has 0 bridgehead atoms. The third kappa shape index (κ3) is 3.56. The molecule has 0 saturated heterocycles. The van der Waals surface area contributed by atoms with Crippen LogP contribution in [0.15, 0.2) is 53.5 Å². The van der Waals surface area contributed by atoms with Crippen molar-refractivity contribution in [1.82, 2.24) is 15.2 Å². The third-order valence-corrected chi connectivity index (χ3v) is 4.14. The number of rotatable bonds is 5. The molecule has 2 aromatic heterocycles. The van der Waals surface area contributed by atoms with Gasteiger partial charge in [0.25, 0.3) is 0 Å². The summed E-state index contributed by atoms with van der Waals surface area (Å²) in [5, 5.41) is 7.31. The number of pyridine rings is 1. The van der Waals surface area contributed by atoms with E-state index in [2.05, 4.69) is 21.7 Å². The van der Waals surface area contributed by atoms with Gasteiger partial charge < -0.3 is 4.90 Å². The van der Waals surface area contributed by atoms with Gasteiger partial charge in [-0.15, -0.1) is 0 Å². The fraction of sp³-hybridized carbons (Fsp3) is 0.250. The van der Waals surface area contributed by atoms with Crippen molar-refractivity contribution >= 4 is 17.2 Å². The lowest BCUT2D eigenvalue weighted by molar-refractivity contribution is -0.133. The highest BCUT2D eigenvalue weighted by Crippen LogP contribution is 2.14. The van der Waals surface area contributed by atoms with Crippen molar-refractivity contribution in [2.75, 3.05) is 6.54 Å². The summed E-state index contributed by atoms with van der Waals surface area (Å²) in [6.45, 7) is 1.97. The Morgan fingerprint density at radius 3 is 2.95 bits per heavy atom. The molecule has 0 saturated carbocycles. The minimum atomic E-state index is -0.208. The molecule has 5 heteroatoms. The lowest BCUT2D eigenvalue weighted by Crippen LogP contribution is -2.42. The summed E-state index contributed by atoms with van der Waals surface area (Å²) in [4.78, 5) is 18.7. The minimum absolute atomic E-state index is 0.110. The summed E-state index contributed by atoms with van der Waals surface area (Å²) in [7, 11) is 0. The van der Waals surface area contributed by atoms with Crippen molar-refractivity contribution in [2.45, 2.75) is 19.1 Å². The normalized spacial score (nSPS) is 17.0. The van der Waals surface area contributed by atoms with Crippen molar-refractivity contribution in [3.63, 3.8) is 0 Å². The molecule has 0 spiro atoms. The van der Waals surface area contributed by atoms with Gasteiger partial charge in [0.1, 0.15) is 6.04 Å². The van der Waals surface area contributed by atoms with Crippen LogP contribution in [0.2, 0.25) is 0 Å². The molecule has 1 aliphatic rings. The average Bonchev–Trinajstić information content (AvgIpc) is 3.20. The first kappa shape index (κ1) is 14.0. The molecule has 3 heterocycles. The highest BCUT2D eigenvalue weighted by atomic mass is 32.1. The van der Waals surface area contributed by atoms with E-state index in [9.17, 15) is 4.79 Å². The molecule has 0 aromatic carbocycles. The SMILES string of the molecule is O=C([C@H]1C=CCN1)N(Cc1cccnc1)Cc1ccsc1. The number of aromatic nitrogens is 1. The average molecular weight is 299 g/mol. The molecule has 2 aromatic rings. The zero-order chi connectivity index (χ0) is 14.5. The van der Waals surface area contributed by atoms with E-state index < -0.39 is 0 Å². The van der Waals surface area contributed by atoms with Crippen LogP contribution in [0.1, 0.15) is 11.1 Å². The van der Waals surface area contributed by atoms with Crippen molar-refractivity contribution in [3.05, 3.63) is 64.6 Å². The largest absolute Gasteiger partial charge is 0.332 e. The number of carbonyl (C=O) groups excluding carboxylic acids is 1. The van der Waals surface area contributed by atoms with E-state index in [-0.39, 0.29) is 11.9 Å². The molecular weight excluding hydrogens is 282 g/mol. The fourth-order valence-corrected chi connectivity index (χ4v) is 3.02. The second-order valence-electron chi connectivity index (χ2n) is 5.00. The molecule has 108 valence electrons. The molecule has 0 unspecified atom stereocenters. The van der Waals surface area contributed by atoms with Crippen LogP contribution in [-0.4, -0.2) is 28.4 Å². The first-order chi connectivity index (χ1) is 10.3. The minimum Gasteiger partial charge on any atom is -0.332 e. The standard InChI is InChI=1S/C16H17N3OS/c20-16(15-4-2-7-18-15)19(11-14-5-8-21-12-14)10-13-3-1-6-17-9-13/h1-6,8-9,12,15,18H,7,10-11H2/t15-/m1/s1. The van der Waals surface area contributed by atoms with Crippen LogP contribution >= 0.6 is 11.3 Å². The summed E-state index contributed by atoms with van der Waals surface area (Å²) in [5.41, 5.74) is 2.21. The first-order valence-electron chi connectivity index (χ1n) is 6.92. The van der Waals surface area contributed by atoms with Crippen molar-refractivity contribution < 1.29 is 4.79 Å². The van der Waals surface area contributed by atoms with Gasteiger partial charge in [-0.05, 0) is 34.0 Å². The number of carbonyl (C=O) groups is 1. The zero-order valence-electron chi connectivity index (χ0n) is 11.6. The highest BCUT2D eigenvalue weighted by Gasteiger charge is 2.24. The number of hydrogen-bond donors (Lipinski definition) is 1. The fourth-order valence-electron chi connectivity index (χ4n) is 2.36. The monoisotopic (exact) mass is 299 g/mol. The zero-order valence-corrected chi connectivity index (χ0v) is 12.4. The van der Waals surface area contributed by atoms with Gasteiger partial charge in [-0.1, -0.05) is 18.2 Å². The van der Waals surface area contributed by atoms with E-state index in [1.807, 2.05) is 40.8 Å². The molecule has 0 aliphatic carbocycles. The number of nitrogens with zero attached hydrogens (tertiary/aromatic N) is 2. The van der Waals surface area contributed by atoms with Gasteiger partial charge in [0.15, 0.2) is 0 Å². The van der Waals surface area contributed by atoms with Crippen LogP contribution in [0.3, 0.4) is 0 Å². The van der Waals surface area contributed by atoms with Gasteiger partial charge in [-0.3, -0.25) is 15.1 Å². The van der Waals surface area contributed by atoms with E-state index in [1.165, 1.54) is 5.56 Å². The number of thiophene rings is 1. The molecule has 3 rings (SSSR count). The molecular formula is C16H17N3OS. The predicted molar refractivity (Wildman–Crippen MR) is 83.7 cm³/mol. The maximum absolute atomic E-state index is 12.7. The number of amides is 1. The van der Waals surface area contributed by atoms with Crippen LogP contribution in [-0.2, 0) is 17.9 Å². The van der Waals surface area contributed by atoms with Gasteiger partial charge in [-0.2, -0.15) is 11.3 Å². The van der Waals surface area contributed by atoms with Crippen LogP contribution < -0.4 is 5.32 Å². The van der Waals surface area contributed by atoms with Crippen LogP contribution in [0, 0.1) is 0 Å². The third-order valence-electron chi connectivity index (χ3n) is 3.41. The Kier molecular flexibility index (Phi) is 4.43. The summed E-state index contributed by atoms with van der Waals surface area (Å²) < 4.78 is 0. The van der Waals surface area contributed by atoms with Crippen LogP contribution in [0.5, 0.6) is 0 Å². The van der Waals surface area contributed by atoms with Crippen LogP contribution in [0.4, 0.5) is 0 Å². The van der Waals surface area contributed by atoms with Crippen LogP contribution in [0.25, 0.3) is 0 Å². The van der Waals surface area contributed by atoms with Crippen molar-refractivity contribution in [2.24, 2.45) is 0 Å². The highest BCUT2D eigenvalue weighted by molar-refractivity contribution is 7.07. The molecule has 1 N–H and O–H groups in total. The number of nitrogens with one attached hydrogen (secondary N) is 1. The molecule has 1 aliphatic heterocycles. The Labute approximate surface area is 128 Å². The molecule has 0 radical (unpaired) electrons. The molecule has 4 nitrogen and oxygen atoms in total. The Hall–Kier alpha value is -1.98. The Morgan fingerprint density at radius 2 is 2.29 bits per heavy atom. The molecule has 21 heavy (non-hydrogen) atoms. The Balaban J connectivity index is 1.76. The smallest absolute Gasteiger partial charge is 0.244 e. The second-order valence-corrected chi connectivity index (χ2v) is 5.78. The maximum Gasteiger partial charge on any atom is 0.244 e. The predicted octanol–water partition coefficient (Wildman–Crippen LogP) is 2.20. The Morgan fingerprint density at radius 1 is 1.38 bits per heavy atom. The van der Waals surface area contributed by atoms with Gasteiger partial charge in [-0.25, -0.2) is 0 Å². The van der Waals surface area contributed by atoms with Gasteiger partial charge in [0.05, 0.1) is 0 Å². The summed E-state index contributed by atoms with van der Waals surface area (Å²) in [5.74, 6) is 0.110. The lowest BCUT2D eigenvalue weighted by atomic mass is 10.2. The van der Waals surface area contributed by atoms with E-state index in [0.29, 0.717) is 13.1 Å². The van der Waals surface area contributed by atoms with Crippen molar-refractivity contribution in [3.8, 4) is 0 Å². The topological polar surface area (TPSA) is 45.2 Å². The maximum atomic E-state index is 12.7. The number of hydrogen-bond acceptors (Lipinski definition) is 4. The summed E-state index contributed by atoms with van der Waals surface area (Å²) in [6.07, 6.45) is 7.49. The molecule has 0 fully saturated rings. The molecule has 1 atom stereocenters. The van der Waals surface area contributed by atoms with E-state index in [1.54, 1.807) is 17.5 Å². The van der Waals surface area contributed by atoms with E-state index >= 15 is 0 Å². The van der Waals surface area contributed by atoms with Gasteiger partial charge >= 0.3 is 0 Å². The first-order valence-corrected chi connectivity index (χ1v) is 7.86. The van der Waals surface area contributed by atoms with Crippen molar-refractivity contribution in [1.29, 1.82) is 0 Å². The van der Waals surface area contributed by atoms with Gasteiger partial charge in [0, 0.05) is 32.0 Å². The second kappa shape index (κ2) is 6.65. The summed E-state index contributed by atoms with van der Waals surface area (Å²) in [6, 6.07) is 5.75. The summed E-state index contributed by atoms with van der Waals surface area (Å²) >= 11 is 1.65. The van der Waals surface area contributed by atoms with Gasteiger partial charge in [0.2, 0.25) is 5.91 Å². The van der Waals surface area contributed by atoms with E-state index in [4.69, 9.17) is 0 Å². The lowest BCUT2D eigenvalue weighted by Gasteiger charge is -2.25. The quantitative estimate of drug-likeness (QED) is 0.861.